The molecular weight excluding hydrogens is 258 g/mol. The van der Waals surface area contributed by atoms with Crippen molar-refractivity contribution in [1.82, 2.24) is 9.88 Å². The highest BCUT2D eigenvalue weighted by atomic mass is 15.1. The molecule has 1 fully saturated rings. The van der Waals surface area contributed by atoms with Gasteiger partial charge in [0.15, 0.2) is 0 Å². The third kappa shape index (κ3) is 3.73. The van der Waals surface area contributed by atoms with E-state index in [0.717, 1.165) is 12.4 Å². The number of fused-ring (bicyclic) bond motifs is 1. The minimum atomic E-state index is 0.642. The van der Waals surface area contributed by atoms with Gasteiger partial charge in [-0.2, -0.15) is 0 Å². The maximum atomic E-state index is 4.50. The smallest absolute Gasteiger partial charge is 0.133 e. The standard InChI is InChI=1S/C18H25N3/c1-15(14-21-11-5-2-6-12-21)13-20-18-17-8-4-3-7-16(17)9-10-19-18/h3-4,7-10,15H,2,5-6,11-14H2,1H3,(H,19,20). The van der Waals surface area contributed by atoms with Crippen LogP contribution in [0.1, 0.15) is 26.2 Å². The van der Waals surface area contributed by atoms with Crippen LogP contribution in [0.2, 0.25) is 0 Å². The Kier molecular flexibility index (Phi) is 4.71. The maximum absolute atomic E-state index is 4.50. The summed E-state index contributed by atoms with van der Waals surface area (Å²) >= 11 is 0. The Hall–Kier alpha value is -1.61. The van der Waals surface area contributed by atoms with E-state index in [1.165, 1.54) is 49.7 Å². The summed E-state index contributed by atoms with van der Waals surface area (Å²) in [6.07, 6.45) is 6.03. The summed E-state index contributed by atoms with van der Waals surface area (Å²) in [4.78, 5) is 7.10. The van der Waals surface area contributed by atoms with E-state index in [1.54, 1.807) is 0 Å². The quantitative estimate of drug-likeness (QED) is 0.905. The first-order chi connectivity index (χ1) is 10.3. The lowest BCUT2D eigenvalue weighted by molar-refractivity contribution is 0.204. The second-order valence-corrected chi connectivity index (χ2v) is 6.23. The lowest BCUT2D eigenvalue weighted by Crippen LogP contribution is -2.35. The fourth-order valence-corrected chi connectivity index (χ4v) is 3.18. The van der Waals surface area contributed by atoms with Crippen LogP contribution in [0.25, 0.3) is 10.8 Å². The van der Waals surface area contributed by atoms with Gasteiger partial charge < -0.3 is 10.2 Å². The zero-order chi connectivity index (χ0) is 14.5. The van der Waals surface area contributed by atoms with Gasteiger partial charge in [-0.1, -0.05) is 37.6 Å². The molecule has 1 saturated heterocycles. The number of anilines is 1. The monoisotopic (exact) mass is 283 g/mol. The number of hydrogen-bond acceptors (Lipinski definition) is 3. The van der Waals surface area contributed by atoms with Gasteiger partial charge in [-0.15, -0.1) is 0 Å². The summed E-state index contributed by atoms with van der Waals surface area (Å²) in [5.74, 6) is 1.66. The van der Waals surface area contributed by atoms with Gasteiger partial charge in [-0.25, -0.2) is 4.98 Å². The van der Waals surface area contributed by atoms with Crippen molar-refractivity contribution in [2.24, 2.45) is 5.92 Å². The average molecular weight is 283 g/mol. The molecule has 0 aliphatic carbocycles. The van der Waals surface area contributed by atoms with E-state index < -0.39 is 0 Å². The molecular formula is C18H25N3. The van der Waals surface area contributed by atoms with E-state index in [1.807, 2.05) is 6.20 Å². The second-order valence-electron chi connectivity index (χ2n) is 6.23. The van der Waals surface area contributed by atoms with Crippen molar-refractivity contribution >= 4 is 16.6 Å². The number of nitrogens with one attached hydrogen (secondary N) is 1. The lowest BCUT2D eigenvalue weighted by atomic mass is 10.1. The van der Waals surface area contributed by atoms with Gasteiger partial charge in [0.25, 0.3) is 0 Å². The van der Waals surface area contributed by atoms with E-state index in [2.05, 4.69) is 52.5 Å². The molecule has 3 nitrogen and oxygen atoms in total. The highest BCUT2D eigenvalue weighted by molar-refractivity contribution is 5.91. The van der Waals surface area contributed by atoms with Crippen LogP contribution in [0.15, 0.2) is 36.5 Å². The first-order valence-corrected chi connectivity index (χ1v) is 8.13. The first-order valence-electron chi connectivity index (χ1n) is 8.13. The molecule has 1 atom stereocenters. The van der Waals surface area contributed by atoms with Crippen molar-refractivity contribution in [1.29, 1.82) is 0 Å². The van der Waals surface area contributed by atoms with Crippen LogP contribution in [0.4, 0.5) is 5.82 Å². The molecule has 112 valence electrons. The average Bonchev–Trinajstić information content (AvgIpc) is 2.54. The molecule has 1 aromatic heterocycles. The van der Waals surface area contributed by atoms with Gasteiger partial charge >= 0.3 is 0 Å². The number of piperidine rings is 1. The highest BCUT2D eigenvalue weighted by Gasteiger charge is 2.13. The molecule has 0 radical (unpaired) electrons. The molecule has 1 unspecified atom stereocenters. The fourth-order valence-electron chi connectivity index (χ4n) is 3.18. The minimum Gasteiger partial charge on any atom is -0.369 e. The molecule has 2 aromatic rings. The second kappa shape index (κ2) is 6.90. The fraction of sp³-hybridized carbons (Fsp3) is 0.500. The molecule has 1 aliphatic heterocycles. The predicted molar refractivity (Wildman–Crippen MR) is 89.7 cm³/mol. The molecule has 3 rings (SSSR count). The summed E-state index contributed by atoms with van der Waals surface area (Å²) in [6, 6.07) is 10.5. The van der Waals surface area contributed by atoms with Crippen LogP contribution in [0.5, 0.6) is 0 Å². The predicted octanol–water partition coefficient (Wildman–Crippen LogP) is 3.77. The third-order valence-electron chi connectivity index (χ3n) is 4.31. The van der Waals surface area contributed by atoms with Crippen LogP contribution in [-0.4, -0.2) is 36.1 Å². The molecule has 2 heterocycles. The molecule has 1 aromatic carbocycles. The van der Waals surface area contributed by atoms with Crippen molar-refractivity contribution in [2.45, 2.75) is 26.2 Å². The number of aromatic nitrogens is 1. The van der Waals surface area contributed by atoms with Gasteiger partial charge in [0, 0.05) is 24.7 Å². The van der Waals surface area contributed by atoms with E-state index in [-0.39, 0.29) is 0 Å². The molecule has 21 heavy (non-hydrogen) atoms. The van der Waals surface area contributed by atoms with Crippen molar-refractivity contribution in [3.05, 3.63) is 36.5 Å². The highest BCUT2D eigenvalue weighted by Crippen LogP contribution is 2.20. The Labute approximate surface area is 127 Å². The van der Waals surface area contributed by atoms with Crippen molar-refractivity contribution in [3.8, 4) is 0 Å². The number of rotatable bonds is 5. The molecule has 1 N–H and O–H groups in total. The van der Waals surface area contributed by atoms with E-state index in [0.29, 0.717) is 5.92 Å². The maximum Gasteiger partial charge on any atom is 0.133 e. The summed E-state index contributed by atoms with van der Waals surface area (Å²) in [6.45, 7) is 7.05. The van der Waals surface area contributed by atoms with Gasteiger partial charge in [-0.05, 0) is 43.3 Å². The summed E-state index contributed by atoms with van der Waals surface area (Å²) in [7, 11) is 0. The van der Waals surface area contributed by atoms with Gasteiger partial charge in [0.05, 0.1) is 0 Å². The summed E-state index contributed by atoms with van der Waals surface area (Å²) in [5.41, 5.74) is 0. The minimum absolute atomic E-state index is 0.642. The van der Waals surface area contributed by atoms with Crippen LogP contribution < -0.4 is 5.32 Å². The van der Waals surface area contributed by atoms with E-state index in [9.17, 15) is 0 Å². The Morgan fingerprint density at radius 2 is 1.95 bits per heavy atom. The van der Waals surface area contributed by atoms with Crippen molar-refractivity contribution in [3.63, 3.8) is 0 Å². The molecule has 0 saturated carbocycles. The number of hydrogen-bond donors (Lipinski definition) is 1. The van der Waals surface area contributed by atoms with Gasteiger partial charge in [0.2, 0.25) is 0 Å². The Balaban J connectivity index is 1.58. The Morgan fingerprint density at radius 1 is 1.14 bits per heavy atom. The first kappa shape index (κ1) is 14.3. The van der Waals surface area contributed by atoms with Crippen LogP contribution in [0, 0.1) is 5.92 Å². The summed E-state index contributed by atoms with van der Waals surface area (Å²) in [5, 5.41) is 6.00. The summed E-state index contributed by atoms with van der Waals surface area (Å²) < 4.78 is 0. The lowest BCUT2D eigenvalue weighted by Gasteiger charge is -2.29. The molecule has 1 aliphatic rings. The van der Waals surface area contributed by atoms with Crippen LogP contribution in [-0.2, 0) is 0 Å². The zero-order valence-electron chi connectivity index (χ0n) is 12.9. The van der Waals surface area contributed by atoms with Crippen LogP contribution in [0.3, 0.4) is 0 Å². The number of pyridine rings is 1. The topological polar surface area (TPSA) is 28.2 Å². The number of benzene rings is 1. The number of nitrogens with zero attached hydrogens (tertiary/aromatic N) is 2. The normalized spacial score (nSPS) is 17.8. The van der Waals surface area contributed by atoms with E-state index in [4.69, 9.17) is 0 Å². The Morgan fingerprint density at radius 3 is 2.81 bits per heavy atom. The van der Waals surface area contributed by atoms with Crippen molar-refractivity contribution < 1.29 is 0 Å². The zero-order valence-corrected chi connectivity index (χ0v) is 12.9. The molecule has 0 spiro atoms. The third-order valence-corrected chi connectivity index (χ3v) is 4.31. The van der Waals surface area contributed by atoms with Gasteiger partial charge in [0.1, 0.15) is 5.82 Å². The number of likely N-dealkylation sites (tertiary alicyclic amines) is 1. The molecule has 0 bridgehead atoms. The van der Waals surface area contributed by atoms with E-state index >= 15 is 0 Å². The Bertz CT molecular complexity index is 570. The molecule has 3 heteroatoms. The van der Waals surface area contributed by atoms with Crippen LogP contribution >= 0.6 is 0 Å². The largest absolute Gasteiger partial charge is 0.369 e. The van der Waals surface area contributed by atoms with Gasteiger partial charge in [-0.3, -0.25) is 0 Å². The SMILES string of the molecule is CC(CNc1nccc2ccccc12)CN1CCCCC1. The van der Waals surface area contributed by atoms with Crippen molar-refractivity contribution in [2.75, 3.05) is 31.5 Å². The molecule has 0 amide bonds.